The normalized spacial score (nSPS) is 10.4. The van der Waals surface area contributed by atoms with Crippen LogP contribution in [-0.4, -0.2) is 16.1 Å². The molecule has 0 saturated carbocycles. The van der Waals surface area contributed by atoms with Gasteiger partial charge in [0, 0.05) is 11.9 Å². The van der Waals surface area contributed by atoms with Gasteiger partial charge in [0.25, 0.3) is 0 Å². The zero-order valence-corrected chi connectivity index (χ0v) is 10.7. The van der Waals surface area contributed by atoms with E-state index in [0.717, 1.165) is 6.07 Å². The minimum Gasteiger partial charge on any atom is -0.478 e. The van der Waals surface area contributed by atoms with Gasteiger partial charge in [0.2, 0.25) is 0 Å². The summed E-state index contributed by atoms with van der Waals surface area (Å²) < 4.78 is 13.6. The fourth-order valence-corrected chi connectivity index (χ4v) is 2.37. The van der Waals surface area contributed by atoms with Gasteiger partial charge in [0.15, 0.2) is 0 Å². The number of pyridine rings is 1. The second kappa shape index (κ2) is 5.71. The lowest BCUT2D eigenvalue weighted by atomic mass is 10.1. The van der Waals surface area contributed by atoms with Crippen LogP contribution in [0.15, 0.2) is 41.6 Å². The summed E-state index contributed by atoms with van der Waals surface area (Å²) in [5.41, 5.74) is 6.62. The first-order valence-corrected chi connectivity index (χ1v) is 6.41. The average Bonchev–Trinajstić information content (AvgIpc) is 2.39. The molecule has 1 aromatic carbocycles. The Labute approximate surface area is 113 Å². The number of thioether (sulfide) groups is 1. The number of benzene rings is 1. The van der Waals surface area contributed by atoms with E-state index in [0.29, 0.717) is 16.3 Å². The first-order chi connectivity index (χ1) is 9.08. The molecule has 0 atom stereocenters. The van der Waals surface area contributed by atoms with Crippen LogP contribution >= 0.6 is 11.8 Å². The summed E-state index contributed by atoms with van der Waals surface area (Å²) in [5, 5.41) is 9.47. The molecule has 0 fully saturated rings. The fraction of sp³-hybridized carbons (Fsp3) is 0.0769. The highest BCUT2D eigenvalue weighted by Crippen LogP contribution is 2.26. The zero-order chi connectivity index (χ0) is 13.8. The number of nitrogen functional groups attached to an aromatic ring is 1. The maximum Gasteiger partial charge on any atom is 0.335 e. The first kappa shape index (κ1) is 13.4. The third-order valence-electron chi connectivity index (χ3n) is 2.46. The predicted octanol–water partition coefficient (Wildman–Crippen LogP) is 2.79. The van der Waals surface area contributed by atoms with Crippen LogP contribution in [0.2, 0.25) is 0 Å². The van der Waals surface area contributed by atoms with Gasteiger partial charge in [0.05, 0.1) is 11.3 Å². The Hall–Kier alpha value is -2.08. The highest BCUT2D eigenvalue weighted by Gasteiger charge is 2.10. The quantitative estimate of drug-likeness (QED) is 0.841. The third-order valence-corrected chi connectivity index (χ3v) is 3.53. The van der Waals surface area contributed by atoms with Crippen molar-refractivity contribution in [1.82, 2.24) is 4.98 Å². The van der Waals surface area contributed by atoms with Gasteiger partial charge >= 0.3 is 5.97 Å². The van der Waals surface area contributed by atoms with E-state index in [2.05, 4.69) is 4.98 Å². The molecule has 0 aliphatic heterocycles. The van der Waals surface area contributed by atoms with Gasteiger partial charge in [-0.3, -0.25) is 0 Å². The largest absolute Gasteiger partial charge is 0.478 e. The molecule has 0 radical (unpaired) electrons. The van der Waals surface area contributed by atoms with Gasteiger partial charge in [-0.05, 0) is 35.9 Å². The Morgan fingerprint density at radius 1 is 1.42 bits per heavy atom. The molecule has 98 valence electrons. The van der Waals surface area contributed by atoms with Crippen molar-refractivity contribution in [2.24, 2.45) is 0 Å². The Morgan fingerprint density at radius 2 is 2.21 bits per heavy atom. The lowest BCUT2D eigenvalue weighted by Gasteiger charge is -2.06. The third kappa shape index (κ3) is 3.23. The molecule has 1 aromatic heterocycles. The molecule has 0 bridgehead atoms. The molecule has 6 heteroatoms. The van der Waals surface area contributed by atoms with E-state index in [1.54, 1.807) is 18.3 Å². The number of rotatable bonds is 4. The number of nitrogens with two attached hydrogens (primary N) is 1. The van der Waals surface area contributed by atoms with Crippen LogP contribution in [0.3, 0.4) is 0 Å². The van der Waals surface area contributed by atoms with Crippen LogP contribution in [0.5, 0.6) is 0 Å². The smallest absolute Gasteiger partial charge is 0.335 e. The summed E-state index contributed by atoms with van der Waals surface area (Å²) in [6, 6.07) is 7.14. The van der Waals surface area contributed by atoms with Crippen molar-refractivity contribution in [2.75, 3.05) is 5.73 Å². The maximum absolute atomic E-state index is 13.6. The monoisotopic (exact) mass is 278 g/mol. The molecule has 1 heterocycles. The van der Waals surface area contributed by atoms with Crippen LogP contribution in [-0.2, 0) is 5.75 Å². The molecule has 0 amide bonds. The van der Waals surface area contributed by atoms with Crippen molar-refractivity contribution in [3.8, 4) is 0 Å². The van der Waals surface area contributed by atoms with E-state index in [1.807, 2.05) is 0 Å². The number of anilines is 1. The molecule has 0 unspecified atom stereocenters. The summed E-state index contributed by atoms with van der Waals surface area (Å²) in [5.74, 6) is -1.25. The van der Waals surface area contributed by atoms with E-state index in [9.17, 15) is 9.18 Å². The predicted molar refractivity (Wildman–Crippen MR) is 71.6 cm³/mol. The lowest BCUT2D eigenvalue weighted by molar-refractivity contribution is 0.0696. The van der Waals surface area contributed by atoms with Gasteiger partial charge in [-0.1, -0.05) is 11.8 Å². The highest BCUT2D eigenvalue weighted by atomic mass is 32.2. The van der Waals surface area contributed by atoms with E-state index in [4.69, 9.17) is 10.8 Å². The van der Waals surface area contributed by atoms with Gasteiger partial charge in [0.1, 0.15) is 10.8 Å². The van der Waals surface area contributed by atoms with Crippen molar-refractivity contribution in [3.63, 3.8) is 0 Å². The molecule has 19 heavy (non-hydrogen) atoms. The summed E-state index contributed by atoms with van der Waals surface area (Å²) in [4.78, 5) is 14.9. The number of hydrogen-bond donors (Lipinski definition) is 2. The van der Waals surface area contributed by atoms with Crippen molar-refractivity contribution in [2.45, 2.75) is 10.8 Å². The van der Waals surface area contributed by atoms with E-state index < -0.39 is 11.8 Å². The van der Waals surface area contributed by atoms with Crippen LogP contribution < -0.4 is 5.73 Å². The van der Waals surface area contributed by atoms with Gasteiger partial charge in [-0.25, -0.2) is 14.2 Å². The van der Waals surface area contributed by atoms with Gasteiger partial charge < -0.3 is 10.8 Å². The van der Waals surface area contributed by atoms with Crippen molar-refractivity contribution < 1.29 is 14.3 Å². The highest BCUT2D eigenvalue weighted by molar-refractivity contribution is 7.98. The van der Waals surface area contributed by atoms with Crippen molar-refractivity contribution in [3.05, 3.63) is 53.5 Å². The molecule has 3 N–H and O–H groups in total. The number of nitrogens with zero attached hydrogens (tertiary/aromatic N) is 1. The Kier molecular flexibility index (Phi) is 4.01. The standard InChI is InChI=1S/C13H11FN2O2S/c14-10-4-3-8(13(17)18)6-9(10)7-19-12-11(15)2-1-5-16-12/h1-6H,7,15H2,(H,17,18). The average molecular weight is 278 g/mol. The topological polar surface area (TPSA) is 76.2 Å². The van der Waals surface area contributed by atoms with E-state index in [-0.39, 0.29) is 11.3 Å². The number of aromatic carboxylic acids is 1. The molecule has 0 spiro atoms. The second-order valence-corrected chi connectivity index (χ2v) is 4.76. The fourth-order valence-electron chi connectivity index (χ4n) is 1.49. The summed E-state index contributed by atoms with van der Waals surface area (Å²) in [6.45, 7) is 0. The van der Waals surface area contributed by atoms with E-state index >= 15 is 0 Å². The molecular formula is C13H11FN2O2S. The summed E-state index contributed by atoms with van der Waals surface area (Å²) in [7, 11) is 0. The number of carboxylic acid groups (broad SMARTS) is 1. The van der Waals surface area contributed by atoms with Gasteiger partial charge in [-0.15, -0.1) is 0 Å². The summed E-state index contributed by atoms with van der Waals surface area (Å²) >= 11 is 1.27. The summed E-state index contributed by atoms with van der Waals surface area (Å²) in [6.07, 6.45) is 1.60. The SMILES string of the molecule is Nc1cccnc1SCc1cc(C(=O)O)ccc1F. The lowest BCUT2D eigenvalue weighted by Crippen LogP contribution is -1.99. The molecule has 0 saturated heterocycles. The van der Waals surface area contributed by atoms with Crippen LogP contribution in [0, 0.1) is 5.82 Å². The maximum atomic E-state index is 13.6. The minimum atomic E-state index is -1.08. The minimum absolute atomic E-state index is 0.0611. The number of carboxylic acids is 1. The molecule has 2 aromatic rings. The Balaban J connectivity index is 2.17. The van der Waals surface area contributed by atoms with Crippen molar-refractivity contribution >= 4 is 23.4 Å². The van der Waals surface area contributed by atoms with Crippen molar-refractivity contribution in [1.29, 1.82) is 0 Å². The van der Waals surface area contributed by atoms with Gasteiger partial charge in [-0.2, -0.15) is 0 Å². The van der Waals surface area contributed by atoms with Crippen LogP contribution in [0.1, 0.15) is 15.9 Å². The number of carbonyl (C=O) groups is 1. The van der Waals surface area contributed by atoms with Crippen LogP contribution in [0.4, 0.5) is 10.1 Å². The number of aromatic nitrogens is 1. The van der Waals surface area contributed by atoms with Crippen LogP contribution in [0.25, 0.3) is 0 Å². The van der Waals surface area contributed by atoms with E-state index in [1.165, 1.54) is 23.9 Å². The zero-order valence-electron chi connectivity index (χ0n) is 9.84. The Bertz CT molecular complexity index is 619. The second-order valence-electron chi connectivity index (χ2n) is 3.80. The Morgan fingerprint density at radius 3 is 2.89 bits per heavy atom. The number of hydrogen-bond acceptors (Lipinski definition) is 4. The first-order valence-electron chi connectivity index (χ1n) is 5.43. The molecule has 0 aliphatic rings. The molecular weight excluding hydrogens is 267 g/mol. The molecule has 2 rings (SSSR count). The molecule has 0 aliphatic carbocycles. The molecule has 4 nitrogen and oxygen atoms in total. The number of halogens is 1.